The van der Waals surface area contributed by atoms with Crippen molar-refractivity contribution in [3.8, 4) is 11.5 Å². The highest BCUT2D eigenvalue weighted by molar-refractivity contribution is 5.95. The van der Waals surface area contributed by atoms with E-state index in [-0.39, 0.29) is 6.54 Å². The van der Waals surface area contributed by atoms with E-state index >= 15 is 0 Å². The number of rotatable bonds is 5. The minimum absolute atomic E-state index is 0.160. The molecule has 0 aromatic heterocycles. The Balaban J connectivity index is 1.99. The zero-order valence-corrected chi connectivity index (χ0v) is 11.6. The van der Waals surface area contributed by atoms with Crippen LogP contribution >= 0.6 is 0 Å². The summed E-state index contributed by atoms with van der Waals surface area (Å²) in [6, 6.07) is 4.77. The molecule has 1 heterocycles. The summed E-state index contributed by atoms with van der Waals surface area (Å²) in [5, 5.41) is 21.0. The van der Waals surface area contributed by atoms with E-state index in [9.17, 15) is 14.7 Å². The second-order valence-electron chi connectivity index (χ2n) is 5.11. The van der Waals surface area contributed by atoms with E-state index < -0.39 is 23.9 Å². The van der Waals surface area contributed by atoms with Crippen LogP contribution in [0, 0.1) is 0 Å². The van der Waals surface area contributed by atoms with E-state index in [4.69, 9.17) is 14.6 Å². The number of carboxylic acids is 1. The van der Waals surface area contributed by atoms with Gasteiger partial charge in [0, 0.05) is 12.1 Å². The molecule has 1 amide bonds. The Morgan fingerprint density at radius 1 is 1.29 bits per heavy atom. The fourth-order valence-electron chi connectivity index (χ4n) is 1.95. The lowest BCUT2D eigenvalue weighted by Gasteiger charge is -2.22. The first-order valence-corrected chi connectivity index (χ1v) is 6.49. The number of amides is 1. The van der Waals surface area contributed by atoms with Crippen molar-refractivity contribution in [2.45, 2.75) is 18.9 Å². The molecule has 1 aromatic carbocycles. The van der Waals surface area contributed by atoms with Crippen LogP contribution in [0.1, 0.15) is 23.7 Å². The number of fused-ring (bicyclic) bond motifs is 1. The second-order valence-corrected chi connectivity index (χ2v) is 5.11. The lowest BCUT2D eigenvalue weighted by molar-refractivity contribution is -0.141. The molecule has 7 heteroatoms. The van der Waals surface area contributed by atoms with Crippen LogP contribution < -0.4 is 14.8 Å². The third kappa shape index (κ3) is 4.09. The minimum atomic E-state index is -1.50. The molecule has 1 aliphatic heterocycles. The molecule has 3 N–H and O–H groups in total. The van der Waals surface area contributed by atoms with E-state index in [1.54, 1.807) is 18.2 Å². The molecule has 7 nitrogen and oxygen atoms in total. The van der Waals surface area contributed by atoms with Gasteiger partial charge in [-0.25, -0.2) is 0 Å². The van der Waals surface area contributed by atoms with Gasteiger partial charge in [-0.15, -0.1) is 0 Å². The van der Waals surface area contributed by atoms with Gasteiger partial charge in [0.25, 0.3) is 5.91 Å². The summed E-state index contributed by atoms with van der Waals surface area (Å²) in [5.41, 5.74) is -1.15. The molecule has 0 saturated heterocycles. The van der Waals surface area contributed by atoms with Gasteiger partial charge < -0.3 is 25.0 Å². The Bertz CT molecular complexity index is 554. The molecule has 1 aliphatic rings. The maximum absolute atomic E-state index is 12.0. The fraction of sp³-hybridized carbons (Fsp3) is 0.429. The summed E-state index contributed by atoms with van der Waals surface area (Å²) < 4.78 is 10.7. The number of benzene rings is 1. The van der Waals surface area contributed by atoms with E-state index in [0.717, 1.165) is 0 Å². The second kappa shape index (κ2) is 6.01. The number of hydrogen-bond acceptors (Lipinski definition) is 5. The van der Waals surface area contributed by atoms with Crippen molar-refractivity contribution < 1.29 is 29.3 Å². The van der Waals surface area contributed by atoms with Crippen LogP contribution in [0.15, 0.2) is 18.2 Å². The third-order valence-corrected chi connectivity index (χ3v) is 2.97. The van der Waals surface area contributed by atoms with Crippen molar-refractivity contribution in [3.63, 3.8) is 0 Å². The highest BCUT2D eigenvalue weighted by Crippen LogP contribution is 2.30. The van der Waals surface area contributed by atoms with Crippen LogP contribution in [-0.2, 0) is 4.79 Å². The monoisotopic (exact) mass is 295 g/mol. The summed E-state index contributed by atoms with van der Waals surface area (Å²) in [6.45, 7) is 2.08. The third-order valence-electron chi connectivity index (χ3n) is 2.97. The topological polar surface area (TPSA) is 105 Å². The molecule has 2 rings (SSSR count). The number of aliphatic carboxylic acids is 1. The fourth-order valence-corrected chi connectivity index (χ4v) is 1.95. The van der Waals surface area contributed by atoms with Gasteiger partial charge in [0.05, 0.1) is 12.0 Å². The van der Waals surface area contributed by atoms with Crippen LogP contribution in [0.4, 0.5) is 0 Å². The molecule has 0 aliphatic carbocycles. The van der Waals surface area contributed by atoms with Crippen LogP contribution in [0.5, 0.6) is 11.5 Å². The maximum atomic E-state index is 12.0. The van der Waals surface area contributed by atoms with Crippen molar-refractivity contribution in [1.29, 1.82) is 0 Å². The van der Waals surface area contributed by atoms with E-state index in [1.807, 2.05) is 0 Å². The van der Waals surface area contributed by atoms with Crippen LogP contribution in [0.25, 0.3) is 0 Å². The molecule has 0 saturated carbocycles. The molecule has 21 heavy (non-hydrogen) atoms. The molecule has 114 valence electrons. The van der Waals surface area contributed by atoms with Gasteiger partial charge in [-0.2, -0.15) is 0 Å². The number of ether oxygens (including phenoxy) is 2. The number of hydrogen-bond donors (Lipinski definition) is 3. The van der Waals surface area contributed by atoms with Gasteiger partial charge in [-0.05, 0) is 25.1 Å². The Morgan fingerprint density at radius 3 is 2.62 bits per heavy atom. The van der Waals surface area contributed by atoms with Gasteiger partial charge in [0.2, 0.25) is 0 Å². The quantitative estimate of drug-likeness (QED) is 0.727. The number of carbonyl (C=O) groups is 2. The van der Waals surface area contributed by atoms with Gasteiger partial charge in [-0.3, -0.25) is 9.59 Å². The normalized spacial score (nSPS) is 15.9. The number of aliphatic hydroxyl groups is 1. The van der Waals surface area contributed by atoms with Gasteiger partial charge in [-0.1, -0.05) is 0 Å². The Hall–Kier alpha value is -2.28. The summed E-state index contributed by atoms with van der Waals surface area (Å²) in [5.74, 6) is -0.479. The van der Waals surface area contributed by atoms with Crippen molar-refractivity contribution >= 4 is 11.9 Å². The predicted molar refractivity (Wildman–Crippen MR) is 72.6 cm³/mol. The van der Waals surface area contributed by atoms with Gasteiger partial charge >= 0.3 is 5.97 Å². The molecule has 0 spiro atoms. The average molecular weight is 295 g/mol. The molecular weight excluding hydrogens is 278 g/mol. The molecule has 1 aromatic rings. The molecule has 0 radical (unpaired) electrons. The minimum Gasteiger partial charge on any atom is -0.486 e. The highest BCUT2D eigenvalue weighted by Gasteiger charge is 2.25. The zero-order chi connectivity index (χ0) is 15.5. The van der Waals surface area contributed by atoms with Gasteiger partial charge in [0.1, 0.15) is 13.2 Å². The predicted octanol–water partition coefficient (Wildman–Crippen LogP) is 0.413. The van der Waals surface area contributed by atoms with E-state index in [0.29, 0.717) is 30.3 Å². The standard InChI is InChI=1S/C14H17NO6/c1-14(19,7-12(16)17)8-15-13(18)9-2-3-10-11(6-9)21-5-4-20-10/h2-3,6,19H,4-5,7-8H2,1H3,(H,15,18)(H,16,17). The van der Waals surface area contributed by atoms with Crippen LogP contribution in [0.3, 0.4) is 0 Å². The zero-order valence-electron chi connectivity index (χ0n) is 11.6. The number of carboxylic acid groups (broad SMARTS) is 1. The molecule has 0 bridgehead atoms. The first-order valence-electron chi connectivity index (χ1n) is 6.49. The van der Waals surface area contributed by atoms with Gasteiger partial charge in [0.15, 0.2) is 11.5 Å². The Kier molecular flexibility index (Phi) is 4.32. The molecule has 1 atom stereocenters. The lowest BCUT2D eigenvalue weighted by Crippen LogP contribution is -2.42. The van der Waals surface area contributed by atoms with E-state index in [1.165, 1.54) is 6.92 Å². The highest BCUT2D eigenvalue weighted by atomic mass is 16.6. The summed E-state index contributed by atoms with van der Waals surface area (Å²) >= 11 is 0. The molecule has 1 unspecified atom stereocenters. The number of carbonyl (C=O) groups excluding carboxylic acids is 1. The molecular formula is C14H17NO6. The van der Waals surface area contributed by atoms with Crippen molar-refractivity contribution in [2.75, 3.05) is 19.8 Å². The smallest absolute Gasteiger partial charge is 0.306 e. The van der Waals surface area contributed by atoms with Crippen LogP contribution in [-0.4, -0.2) is 47.4 Å². The maximum Gasteiger partial charge on any atom is 0.306 e. The summed E-state index contributed by atoms with van der Waals surface area (Å²) in [4.78, 5) is 22.6. The summed E-state index contributed by atoms with van der Waals surface area (Å²) in [6.07, 6.45) is -0.450. The first kappa shape index (κ1) is 15.1. The number of nitrogens with one attached hydrogen (secondary N) is 1. The van der Waals surface area contributed by atoms with Crippen molar-refractivity contribution in [3.05, 3.63) is 23.8 Å². The Labute approximate surface area is 121 Å². The SMILES string of the molecule is CC(O)(CNC(=O)c1ccc2c(c1)OCCO2)CC(=O)O. The Morgan fingerprint density at radius 2 is 1.95 bits per heavy atom. The lowest BCUT2D eigenvalue weighted by atomic mass is 10.0. The van der Waals surface area contributed by atoms with Crippen LogP contribution in [0.2, 0.25) is 0 Å². The largest absolute Gasteiger partial charge is 0.486 e. The molecule has 0 fully saturated rings. The van der Waals surface area contributed by atoms with Crippen molar-refractivity contribution in [2.24, 2.45) is 0 Å². The average Bonchev–Trinajstić information content (AvgIpc) is 2.43. The summed E-state index contributed by atoms with van der Waals surface area (Å²) in [7, 11) is 0. The first-order chi connectivity index (χ1) is 9.87. The van der Waals surface area contributed by atoms with E-state index in [2.05, 4.69) is 5.32 Å². The van der Waals surface area contributed by atoms with Crippen molar-refractivity contribution in [1.82, 2.24) is 5.32 Å².